The molecule has 0 aliphatic heterocycles. The minimum atomic E-state index is -0.418. The van der Waals surface area contributed by atoms with Crippen molar-refractivity contribution < 1.29 is 14.0 Å². The second-order valence-electron chi connectivity index (χ2n) is 5.18. The first kappa shape index (κ1) is 17.9. The maximum atomic E-state index is 11.9. The van der Waals surface area contributed by atoms with Crippen LogP contribution < -0.4 is 16.0 Å². The van der Waals surface area contributed by atoms with Gasteiger partial charge in [-0.15, -0.1) is 11.8 Å². The number of benzene rings is 1. The van der Waals surface area contributed by atoms with Gasteiger partial charge in [-0.3, -0.25) is 4.79 Å². The number of hydrogen-bond donors (Lipinski definition) is 3. The number of rotatable bonds is 7. The molecule has 2 rings (SSSR count). The molecule has 7 heteroatoms. The summed E-state index contributed by atoms with van der Waals surface area (Å²) in [6, 6.07) is 11.0. The summed E-state index contributed by atoms with van der Waals surface area (Å²) in [6.45, 7) is 2.10. The number of carbonyl (C=O) groups is 2. The topological polar surface area (TPSA) is 83.4 Å². The summed E-state index contributed by atoms with van der Waals surface area (Å²) >= 11 is 1.67. The van der Waals surface area contributed by atoms with E-state index in [2.05, 4.69) is 16.0 Å². The van der Waals surface area contributed by atoms with E-state index >= 15 is 0 Å². The van der Waals surface area contributed by atoms with Gasteiger partial charge in [-0.2, -0.15) is 0 Å². The Labute approximate surface area is 145 Å². The first-order chi connectivity index (χ1) is 11.6. The second kappa shape index (κ2) is 9.02. The summed E-state index contributed by atoms with van der Waals surface area (Å²) in [4.78, 5) is 24.7. The average Bonchev–Trinajstić information content (AvgIpc) is 3.11. The molecule has 0 aliphatic rings. The van der Waals surface area contributed by atoms with Gasteiger partial charge in [0.2, 0.25) is 5.91 Å². The van der Waals surface area contributed by atoms with Gasteiger partial charge >= 0.3 is 6.03 Å². The molecular formula is C17H21N3O3S. The number of urea groups is 1. The Balaban J connectivity index is 1.70. The predicted octanol–water partition coefficient (Wildman–Crippen LogP) is 2.68. The van der Waals surface area contributed by atoms with E-state index in [0.717, 1.165) is 5.56 Å². The summed E-state index contributed by atoms with van der Waals surface area (Å²) < 4.78 is 5.10. The Morgan fingerprint density at radius 3 is 2.54 bits per heavy atom. The summed E-state index contributed by atoms with van der Waals surface area (Å²) in [5, 5.41) is 7.98. The first-order valence-corrected chi connectivity index (χ1v) is 8.78. The quantitative estimate of drug-likeness (QED) is 0.673. The van der Waals surface area contributed by atoms with Gasteiger partial charge < -0.3 is 20.4 Å². The van der Waals surface area contributed by atoms with Gasteiger partial charge in [0.05, 0.1) is 25.4 Å². The third-order valence-corrected chi connectivity index (χ3v) is 4.15. The Kier molecular flexibility index (Phi) is 6.74. The van der Waals surface area contributed by atoms with Crippen LogP contribution in [0.2, 0.25) is 0 Å². The molecule has 3 amide bonds. The van der Waals surface area contributed by atoms with Crippen LogP contribution in [0.1, 0.15) is 24.3 Å². The van der Waals surface area contributed by atoms with Gasteiger partial charge in [0.1, 0.15) is 5.76 Å². The normalized spacial score (nSPS) is 11.6. The van der Waals surface area contributed by atoms with Crippen LogP contribution in [0, 0.1) is 0 Å². The maximum Gasteiger partial charge on any atom is 0.315 e. The van der Waals surface area contributed by atoms with Gasteiger partial charge in [0, 0.05) is 4.90 Å². The molecule has 1 aromatic heterocycles. The number of nitrogens with one attached hydrogen (secondary N) is 3. The van der Waals surface area contributed by atoms with Crippen molar-refractivity contribution in [1.29, 1.82) is 0 Å². The van der Waals surface area contributed by atoms with Crippen molar-refractivity contribution in [2.24, 2.45) is 0 Å². The van der Waals surface area contributed by atoms with Gasteiger partial charge in [-0.05, 0) is 43.0 Å². The molecule has 128 valence electrons. The van der Waals surface area contributed by atoms with E-state index in [1.807, 2.05) is 37.4 Å². The molecule has 2 aromatic rings. The van der Waals surface area contributed by atoms with Gasteiger partial charge in [-0.1, -0.05) is 12.1 Å². The molecule has 1 aromatic carbocycles. The monoisotopic (exact) mass is 347 g/mol. The first-order valence-electron chi connectivity index (χ1n) is 7.56. The highest BCUT2D eigenvalue weighted by Crippen LogP contribution is 2.18. The molecule has 0 spiro atoms. The third-order valence-electron chi connectivity index (χ3n) is 3.41. The van der Waals surface area contributed by atoms with E-state index in [0.29, 0.717) is 5.76 Å². The van der Waals surface area contributed by atoms with Gasteiger partial charge in [0.15, 0.2) is 0 Å². The molecule has 0 saturated carbocycles. The molecule has 6 nitrogen and oxygen atoms in total. The summed E-state index contributed by atoms with van der Waals surface area (Å²) in [5.41, 5.74) is 1.02. The van der Waals surface area contributed by atoms with Crippen molar-refractivity contribution in [3.05, 3.63) is 54.0 Å². The molecule has 1 atom stereocenters. The average molecular weight is 347 g/mol. The number of amides is 3. The number of carbonyl (C=O) groups excluding carboxylic acids is 2. The Hall–Kier alpha value is -2.41. The number of thioether (sulfide) groups is 1. The lowest BCUT2D eigenvalue weighted by Crippen LogP contribution is -2.42. The van der Waals surface area contributed by atoms with E-state index in [4.69, 9.17) is 4.42 Å². The lowest BCUT2D eigenvalue weighted by atomic mass is 10.1. The second-order valence-corrected chi connectivity index (χ2v) is 6.06. The van der Waals surface area contributed by atoms with Crippen LogP contribution in [-0.2, 0) is 11.3 Å². The lowest BCUT2D eigenvalue weighted by Gasteiger charge is -2.15. The third kappa shape index (κ3) is 5.66. The van der Waals surface area contributed by atoms with Crippen LogP contribution in [0.4, 0.5) is 4.79 Å². The molecule has 3 N–H and O–H groups in total. The van der Waals surface area contributed by atoms with E-state index in [1.165, 1.54) is 11.2 Å². The number of hydrogen-bond acceptors (Lipinski definition) is 4. The zero-order valence-corrected chi connectivity index (χ0v) is 14.5. The van der Waals surface area contributed by atoms with Crippen LogP contribution in [0.15, 0.2) is 52.0 Å². The minimum Gasteiger partial charge on any atom is -0.467 e. The maximum absolute atomic E-state index is 11.9. The van der Waals surface area contributed by atoms with Crippen LogP contribution in [0.3, 0.4) is 0 Å². The largest absolute Gasteiger partial charge is 0.467 e. The lowest BCUT2D eigenvalue weighted by molar-refractivity contribution is -0.120. The van der Waals surface area contributed by atoms with E-state index < -0.39 is 6.03 Å². The SMILES string of the molecule is CSc1ccc(C(C)NC(=O)CNC(=O)NCc2ccco2)cc1. The Morgan fingerprint density at radius 2 is 1.92 bits per heavy atom. The van der Waals surface area contributed by atoms with E-state index in [1.54, 1.807) is 23.9 Å². The molecule has 0 saturated heterocycles. The zero-order chi connectivity index (χ0) is 17.4. The van der Waals surface area contributed by atoms with Crippen molar-refractivity contribution in [2.45, 2.75) is 24.4 Å². The van der Waals surface area contributed by atoms with Crippen molar-refractivity contribution in [2.75, 3.05) is 12.8 Å². The molecular weight excluding hydrogens is 326 g/mol. The van der Waals surface area contributed by atoms with Crippen molar-refractivity contribution >= 4 is 23.7 Å². The van der Waals surface area contributed by atoms with Crippen molar-refractivity contribution in [1.82, 2.24) is 16.0 Å². The van der Waals surface area contributed by atoms with Crippen LogP contribution >= 0.6 is 11.8 Å². The molecule has 24 heavy (non-hydrogen) atoms. The molecule has 0 bridgehead atoms. The smallest absolute Gasteiger partial charge is 0.315 e. The van der Waals surface area contributed by atoms with Crippen LogP contribution in [0.25, 0.3) is 0 Å². The van der Waals surface area contributed by atoms with E-state index in [9.17, 15) is 9.59 Å². The fraction of sp³-hybridized carbons (Fsp3) is 0.294. The van der Waals surface area contributed by atoms with Gasteiger partial charge in [-0.25, -0.2) is 4.79 Å². The fourth-order valence-corrected chi connectivity index (χ4v) is 2.48. The van der Waals surface area contributed by atoms with Crippen LogP contribution in [0.5, 0.6) is 0 Å². The summed E-state index contributed by atoms with van der Waals surface area (Å²) in [5.74, 6) is 0.404. The highest BCUT2D eigenvalue weighted by atomic mass is 32.2. The van der Waals surface area contributed by atoms with Crippen LogP contribution in [-0.4, -0.2) is 24.7 Å². The molecule has 0 fully saturated rings. The Bertz CT molecular complexity index is 656. The predicted molar refractivity (Wildman–Crippen MR) is 93.7 cm³/mol. The van der Waals surface area contributed by atoms with Crippen molar-refractivity contribution in [3.63, 3.8) is 0 Å². The molecule has 1 heterocycles. The summed E-state index contributed by atoms with van der Waals surface area (Å²) in [7, 11) is 0. The molecule has 0 radical (unpaired) electrons. The molecule has 1 unspecified atom stereocenters. The fourth-order valence-electron chi connectivity index (χ4n) is 2.07. The van der Waals surface area contributed by atoms with E-state index in [-0.39, 0.29) is 25.0 Å². The zero-order valence-electron chi connectivity index (χ0n) is 13.7. The standard InChI is InChI=1S/C17H21N3O3S/c1-12(13-5-7-15(24-2)8-6-13)20-16(21)11-19-17(22)18-10-14-4-3-9-23-14/h3-9,12H,10-11H2,1-2H3,(H,20,21)(H2,18,19,22). The highest BCUT2D eigenvalue weighted by molar-refractivity contribution is 7.98. The summed E-state index contributed by atoms with van der Waals surface area (Å²) in [6.07, 6.45) is 3.55. The minimum absolute atomic E-state index is 0.0861. The Morgan fingerprint density at radius 1 is 1.17 bits per heavy atom. The highest BCUT2D eigenvalue weighted by Gasteiger charge is 2.11. The number of furan rings is 1. The van der Waals surface area contributed by atoms with Crippen molar-refractivity contribution in [3.8, 4) is 0 Å². The molecule has 0 aliphatic carbocycles. The van der Waals surface area contributed by atoms with Gasteiger partial charge in [0.25, 0.3) is 0 Å².